The normalized spacial score (nSPS) is 20.5. The molecule has 1 aliphatic heterocycles. The second-order valence-electron chi connectivity index (χ2n) is 3.84. The number of ether oxygens (including phenoxy) is 1. The average molecular weight is 206 g/mol. The molecule has 0 aromatic heterocycles. The van der Waals surface area contributed by atoms with Crippen molar-refractivity contribution in [2.45, 2.75) is 25.9 Å². The van der Waals surface area contributed by atoms with Gasteiger partial charge in [-0.2, -0.15) is 0 Å². The van der Waals surface area contributed by atoms with Gasteiger partial charge in [-0.1, -0.05) is 18.2 Å². The largest absolute Gasteiger partial charge is 0.479 e. The van der Waals surface area contributed by atoms with Crippen molar-refractivity contribution in [2.24, 2.45) is 0 Å². The number of benzene rings is 1. The number of carboxylic acids is 1. The molecule has 1 N–H and O–H groups in total. The molecule has 1 atom stereocenters. The molecule has 0 amide bonds. The van der Waals surface area contributed by atoms with Gasteiger partial charge in [-0.15, -0.1) is 0 Å². The van der Waals surface area contributed by atoms with E-state index < -0.39 is 12.1 Å². The molecular formula is C12H14O3. The van der Waals surface area contributed by atoms with Gasteiger partial charge in [0.05, 0.1) is 0 Å². The number of carboxylic acid groups (broad SMARTS) is 1. The minimum Gasteiger partial charge on any atom is -0.479 e. The monoisotopic (exact) mass is 206 g/mol. The lowest BCUT2D eigenvalue weighted by atomic mass is 9.95. The zero-order valence-electron chi connectivity index (χ0n) is 8.69. The zero-order chi connectivity index (χ0) is 10.8. The van der Waals surface area contributed by atoms with Crippen LogP contribution in [-0.2, 0) is 16.0 Å². The summed E-state index contributed by atoms with van der Waals surface area (Å²) >= 11 is 0. The number of aliphatic carboxylic acids is 1. The van der Waals surface area contributed by atoms with Gasteiger partial charge in [-0.05, 0) is 36.5 Å². The van der Waals surface area contributed by atoms with Crippen LogP contribution >= 0.6 is 0 Å². The van der Waals surface area contributed by atoms with E-state index in [1.54, 1.807) is 0 Å². The molecule has 15 heavy (non-hydrogen) atoms. The van der Waals surface area contributed by atoms with E-state index in [4.69, 9.17) is 9.84 Å². The van der Waals surface area contributed by atoms with Crippen LogP contribution in [0.1, 0.15) is 29.2 Å². The summed E-state index contributed by atoms with van der Waals surface area (Å²) in [5, 5.41) is 9.11. The second kappa shape index (κ2) is 4.03. The van der Waals surface area contributed by atoms with Crippen molar-refractivity contribution >= 4 is 5.97 Å². The number of carbonyl (C=O) groups is 1. The predicted molar refractivity (Wildman–Crippen MR) is 55.8 cm³/mol. The van der Waals surface area contributed by atoms with Crippen LogP contribution in [0.3, 0.4) is 0 Å². The number of fused-ring (bicyclic) bond motifs is 1. The first-order chi connectivity index (χ1) is 7.20. The Balaban J connectivity index is 2.51. The van der Waals surface area contributed by atoms with Crippen LogP contribution in [0.25, 0.3) is 0 Å². The Hall–Kier alpha value is -1.35. The fourth-order valence-electron chi connectivity index (χ4n) is 2.08. The lowest BCUT2D eigenvalue weighted by Crippen LogP contribution is -2.16. The average Bonchev–Trinajstić information content (AvgIpc) is 2.40. The van der Waals surface area contributed by atoms with Gasteiger partial charge in [-0.3, -0.25) is 0 Å². The molecular weight excluding hydrogens is 192 g/mol. The minimum absolute atomic E-state index is 0.519. The van der Waals surface area contributed by atoms with Crippen LogP contribution in [0.5, 0.6) is 0 Å². The van der Waals surface area contributed by atoms with Crippen molar-refractivity contribution in [1.29, 1.82) is 0 Å². The summed E-state index contributed by atoms with van der Waals surface area (Å²) in [5.41, 5.74) is 2.96. The van der Waals surface area contributed by atoms with E-state index in [0.717, 1.165) is 29.5 Å². The molecule has 3 nitrogen and oxygen atoms in total. The maximum Gasteiger partial charge on any atom is 0.337 e. The van der Waals surface area contributed by atoms with Crippen LogP contribution in [-0.4, -0.2) is 17.7 Å². The van der Waals surface area contributed by atoms with E-state index in [1.165, 1.54) is 0 Å². The van der Waals surface area contributed by atoms with Gasteiger partial charge >= 0.3 is 5.97 Å². The summed E-state index contributed by atoms with van der Waals surface area (Å²) in [6, 6.07) is 5.90. The third kappa shape index (κ3) is 1.88. The number of hydrogen-bond acceptors (Lipinski definition) is 2. The van der Waals surface area contributed by atoms with Crippen LogP contribution < -0.4 is 0 Å². The first kappa shape index (κ1) is 10.2. The van der Waals surface area contributed by atoms with Crippen LogP contribution in [0.15, 0.2) is 18.2 Å². The quantitative estimate of drug-likeness (QED) is 0.765. The lowest BCUT2D eigenvalue weighted by molar-refractivity contribution is -0.150. The number of hydrogen-bond donors (Lipinski definition) is 1. The molecule has 0 bridgehead atoms. The maximum absolute atomic E-state index is 11.1. The van der Waals surface area contributed by atoms with Gasteiger partial charge in [0.1, 0.15) is 0 Å². The van der Waals surface area contributed by atoms with Gasteiger partial charge in [0.15, 0.2) is 6.10 Å². The van der Waals surface area contributed by atoms with E-state index in [2.05, 4.69) is 0 Å². The summed E-state index contributed by atoms with van der Waals surface area (Å²) in [6.45, 7) is 2.45. The van der Waals surface area contributed by atoms with Crippen molar-refractivity contribution in [3.63, 3.8) is 0 Å². The standard InChI is InChI=1S/C12H14O3/c1-8-4-2-5-9-6-3-7-15-11(10(8)9)12(13)14/h2,4-5,11H,3,6-7H2,1H3,(H,13,14). The number of rotatable bonds is 1. The summed E-state index contributed by atoms with van der Waals surface area (Å²) in [6.07, 6.45) is 1.00. The molecule has 1 aromatic rings. The summed E-state index contributed by atoms with van der Waals surface area (Å²) < 4.78 is 5.37. The Morgan fingerprint density at radius 3 is 3.07 bits per heavy atom. The van der Waals surface area contributed by atoms with Crippen LogP contribution in [0.2, 0.25) is 0 Å². The highest BCUT2D eigenvalue weighted by Gasteiger charge is 2.26. The van der Waals surface area contributed by atoms with E-state index in [1.807, 2.05) is 25.1 Å². The summed E-state index contributed by atoms with van der Waals surface area (Å²) in [4.78, 5) is 11.1. The second-order valence-corrected chi connectivity index (χ2v) is 3.84. The molecule has 1 heterocycles. The molecule has 80 valence electrons. The Bertz CT molecular complexity index is 384. The van der Waals surface area contributed by atoms with Crippen molar-refractivity contribution in [3.8, 4) is 0 Å². The highest BCUT2D eigenvalue weighted by molar-refractivity contribution is 5.75. The van der Waals surface area contributed by atoms with E-state index in [9.17, 15) is 4.79 Å². The first-order valence-electron chi connectivity index (χ1n) is 5.13. The van der Waals surface area contributed by atoms with Gasteiger partial charge in [0, 0.05) is 6.61 Å². The fraction of sp³-hybridized carbons (Fsp3) is 0.417. The third-order valence-corrected chi connectivity index (χ3v) is 2.78. The fourth-order valence-corrected chi connectivity index (χ4v) is 2.08. The van der Waals surface area contributed by atoms with Gasteiger partial charge < -0.3 is 9.84 Å². The van der Waals surface area contributed by atoms with Crippen molar-refractivity contribution < 1.29 is 14.6 Å². The predicted octanol–water partition coefficient (Wildman–Crippen LogP) is 2.08. The molecule has 2 rings (SSSR count). The number of aryl methyl sites for hydroxylation is 2. The topological polar surface area (TPSA) is 46.5 Å². The van der Waals surface area contributed by atoms with Crippen LogP contribution in [0, 0.1) is 6.92 Å². The molecule has 1 aliphatic rings. The molecule has 0 fully saturated rings. The van der Waals surface area contributed by atoms with E-state index >= 15 is 0 Å². The Kier molecular flexibility index (Phi) is 2.73. The minimum atomic E-state index is -0.896. The molecule has 0 saturated heterocycles. The molecule has 0 spiro atoms. The van der Waals surface area contributed by atoms with Gasteiger partial charge in [0.25, 0.3) is 0 Å². The molecule has 0 radical (unpaired) electrons. The summed E-state index contributed by atoms with van der Waals surface area (Å²) in [7, 11) is 0. The lowest BCUT2D eigenvalue weighted by Gasteiger charge is -2.15. The first-order valence-corrected chi connectivity index (χ1v) is 5.13. The van der Waals surface area contributed by atoms with Crippen molar-refractivity contribution in [2.75, 3.05) is 6.61 Å². The highest BCUT2D eigenvalue weighted by atomic mass is 16.5. The van der Waals surface area contributed by atoms with Crippen molar-refractivity contribution in [3.05, 3.63) is 34.9 Å². The molecule has 1 unspecified atom stereocenters. The van der Waals surface area contributed by atoms with Crippen LogP contribution in [0.4, 0.5) is 0 Å². The maximum atomic E-state index is 11.1. The molecule has 0 aliphatic carbocycles. The Morgan fingerprint density at radius 2 is 2.33 bits per heavy atom. The van der Waals surface area contributed by atoms with E-state index in [0.29, 0.717) is 6.61 Å². The molecule has 0 saturated carbocycles. The van der Waals surface area contributed by atoms with Gasteiger partial charge in [0.2, 0.25) is 0 Å². The van der Waals surface area contributed by atoms with E-state index in [-0.39, 0.29) is 0 Å². The zero-order valence-corrected chi connectivity index (χ0v) is 8.69. The Morgan fingerprint density at radius 1 is 1.53 bits per heavy atom. The SMILES string of the molecule is Cc1cccc2c1C(C(=O)O)OCCC2. The van der Waals surface area contributed by atoms with Gasteiger partial charge in [-0.25, -0.2) is 4.79 Å². The smallest absolute Gasteiger partial charge is 0.337 e. The molecule has 3 heteroatoms. The van der Waals surface area contributed by atoms with Crippen molar-refractivity contribution in [1.82, 2.24) is 0 Å². The summed E-state index contributed by atoms with van der Waals surface area (Å²) in [5.74, 6) is -0.896. The Labute approximate surface area is 88.7 Å². The molecule has 1 aromatic carbocycles. The third-order valence-electron chi connectivity index (χ3n) is 2.78. The highest BCUT2D eigenvalue weighted by Crippen LogP contribution is 2.29.